The number of hydrogen-bond acceptors (Lipinski definition) is 6. The Bertz CT molecular complexity index is 961. The Hall–Kier alpha value is -3.23. The van der Waals surface area contributed by atoms with Crippen molar-refractivity contribution >= 4 is 17.7 Å². The summed E-state index contributed by atoms with van der Waals surface area (Å²) in [4.78, 5) is 27.2. The SMILES string of the molecule is COc1ccc(NC(=O)c2c3c(nn2C)CCN(C(=O)OC(C)(C)C)C3)c(OC)c1. The highest BCUT2D eigenvalue weighted by atomic mass is 16.6. The molecule has 0 radical (unpaired) electrons. The molecule has 1 aliphatic heterocycles. The zero-order chi connectivity index (χ0) is 22.1. The summed E-state index contributed by atoms with van der Waals surface area (Å²) in [6, 6.07) is 5.14. The first-order valence-electron chi connectivity index (χ1n) is 9.69. The summed E-state index contributed by atoms with van der Waals surface area (Å²) in [6.07, 6.45) is 0.154. The van der Waals surface area contributed by atoms with E-state index in [2.05, 4.69) is 10.4 Å². The van der Waals surface area contributed by atoms with Crippen molar-refractivity contribution in [3.63, 3.8) is 0 Å². The zero-order valence-corrected chi connectivity index (χ0v) is 18.2. The van der Waals surface area contributed by atoms with E-state index in [0.717, 1.165) is 11.3 Å². The van der Waals surface area contributed by atoms with Crippen molar-refractivity contribution in [3.05, 3.63) is 35.2 Å². The smallest absolute Gasteiger partial charge is 0.410 e. The number of nitrogens with one attached hydrogen (secondary N) is 1. The maximum Gasteiger partial charge on any atom is 0.410 e. The molecule has 0 aliphatic carbocycles. The van der Waals surface area contributed by atoms with Crippen LogP contribution in [0.1, 0.15) is 42.5 Å². The lowest BCUT2D eigenvalue weighted by Gasteiger charge is -2.29. The number of aryl methyl sites for hydroxylation is 1. The highest BCUT2D eigenvalue weighted by Gasteiger charge is 2.31. The van der Waals surface area contributed by atoms with E-state index in [1.54, 1.807) is 41.9 Å². The topological polar surface area (TPSA) is 94.9 Å². The minimum Gasteiger partial charge on any atom is -0.497 e. The number of amides is 2. The van der Waals surface area contributed by atoms with Crippen molar-refractivity contribution in [2.75, 3.05) is 26.1 Å². The highest BCUT2D eigenvalue weighted by Crippen LogP contribution is 2.30. The van der Waals surface area contributed by atoms with E-state index in [0.29, 0.717) is 35.8 Å². The van der Waals surface area contributed by atoms with E-state index in [9.17, 15) is 9.59 Å². The van der Waals surface area contributed by atoms with Gasteiger partial charge in [0.05, 0.1) is 32.1 Å². The first-order valence-corrected chi connectivity index (χ1v) is 9.69. The van der Waals surface area contributed by atoms with Crippen molar-refractivity contribution in [1.29, 1.82) is 0 Å². The van der Waals surface area contributed by atoms with Gasteiger partial charge in [-0.3, -0.25) is 9.48 Å². The Morgan fingerprint density at radius 1 is 1.17 bits per heavy atom. The number of hydrogen-bond donors (Lipinski definition) is 1. The summed E-state index contributed by atoms with van der Waals surface area (Å²) in [5.74, 6) is 0.769. The van der Waals surface area contributed by atoms with E-state index in [1.165, 1.54) is 7.11 Å². The van der Waals surface area contributed by atoms with Crippen LogP contribution in [0.4, 0.5) is 10.5 Å². The second-order valence-corrected chi connectivity index (χ2v) is 8.07. The van der Waals surface area contributed by atoms with Crippen LogP contribution >= 0.6 is 0 Å². The lowest BCUT2D eigenvalue weighted by molar-refractivity contribution is 0.0222. The maximum atomic E-state index is 13.1. The molecule has 0 spiro atoms. The average molecular weight is 416 g/mol. The fourth-order valence-corrected chi connectivity index (χ4v) is 3.35. The van der Waals surface area contributed by atoms with Gasteiger partial charge >= 0.3 is 6.09 Å². The molecule has 3 rings (SSSR count). The summed E-state index contributed by atoms with van der Waals surface area (Å²) in [5.41, 5.74) is 1.86. The third-order valence-corrected chi connectivity index (χ3v) is 4.72. The number of ether oxygens (including phenoxy) is 3. The summed E-state index contributed by atoms with van der Waals surface area (Å²) in [7, 11) is 4.80. The Labute approximate surface area is 175 Å². The summed E-state index contributed by atoms with van der Waals surface area (Å²) in [5, 5.41) is 7.35. The number of rotatable bonds is 4. The van der Waals surface area contributed by atoms with Crippen LogP contribution in [0.15, 0.2) is 18.2 Å². The summed E-state index contributed by atoms with van der Waals surface area (Å²) < 4.78 is 17.6. The Balaban J connectivity index is 1.84. The van der Waals surface area contributed by atoms with Gasteiger partial charge in [-0.2, -0.15) is 5.10 Å². The highest BCUT2D eigenvalue weighted by molar-refractivity contribution is 6.05. The number of fused-ring (bicyclic) bond motifs is 1. The van der Waals surface area contributed by atoms with Crippen LogP contribution in [-0.4, -0.2) is 53.0 Å². The van der Waals surface area contributed by atoms with Crippen LogP contribution in [-0.2, 0) is 24.8 Å². The molecule has 0 fully saturated rings. The van der Waals surface area contributed by atoms with Crippen LogP contribution in [0.25, 0.3) is 0 Å². The van der Waals surface area contributed by atoms with Crippen molar-refractivity contribution in [3.8, 4) is 11.5 Å². The van der Waals surface area contributed by atoms with Gasteiger partial charge in [-0.1, -0.05) is 0 Å². The van der Waals surface area contributed by atoms with Crippen LogP contribution in [0, 0.1) is 0 Å². The number of anilines is 1. The molecule has 0 saturated heterocycles. The molecule has 2 heterocycles. The standard InChI is InChI=1S/C21H28N4O5/c1-21(2,3)30-20(27)25-10-9-15-14(12-25)18(24(4)23-15)19(26)22-16-8-7-13(28-5)11-17(16)29-6/h7-8,11H,9-10,12H2,1-6H3,(H,22,26). The van der Waals surface area contributed by atoms with Gasteiger partial charge in [0, 0.05) is 31.6 Å². The first kappa shape index (κ1) is 21.5. The number of nitrogens with zero attached hydrogens (tertiary/aromatic N) is 3. The lowest BCUT2D eigenvalue weighted by atomic mass is 10.1. The normalized spacial score (nSPS) is 13.5. The number of aromatic nitrogens is 2. The van der Waals surface area contributed by atoms with Gasteiger partial charge in [0.1, 0.15) is 22.8 Å². The molecule has 0 saturated carbocycles. The maximum absolute atomic E-state index is 13.1. The predicted molar refractivity (Wildman–Crippen MR) is 111 cm³/mol. The Morgan fingerprint density at radius 2 is 1.90 bits per heavy atom. The molecular formula is C21H28N4O5. The van der Waals surface area contributed by atoms with Crippen molar-refractivity contribution in [1.82, 2.24) is 14.7 Å². The molecule has 30 heavy (non-hydrogen) atoms. The van der Waals surface area contributed by atoms with Crippen LogP contribution < -0.4 is 14.8 Å². The van der Waals surface area contributed by atoms with Gasteiger partial charge in [0.25, 0.3) is 5.91 Å². The van der Waals surface area contributed by atoms with E-state index >= 15 is 0 Å². The van der Waals surface area contributed by atoms with E-state index in [4.69, 9.17) is 14.2 Å². The molecule has 0 bridgehead atoms. The van der Waals surface area contributed by atoms with Crippen LogP contribution in [0.3, 0.4) is 0 Å². The molecule has 2 amide bonds. The second-order valence-electron chi connectivity index (χ2n) is 8.07. The largest absolute Gasteiger partial charge is 0.497 e. The second kappa shape index (κ2) is 8.25. The molecule has 162 valence electrons. The molecule has 0 unspecified atom stereocenters. The number of carbonyl (C=O) groups excluding carboxylic acids is 2. The third-order valence-electron chi connectivity index (χ3n) is 4.72. The quantitative estimate of drug-likeness (QED) is 0.823. The van der Waals surface area contributed by atoms with Crippen molar-refractivity contribution in [2.45, 2.75) is 39.3 Å². The fraction of sp³-hybridized carbons (Fsp3) is 0.476. The van der Waals surface area contributed by atoms with Gasteiger partial charge in [-0.05, 0) is 32.9 Å². The molecule has 9 nitrogen and oxygen atoms in total. The van der Waals surface area contributed by atoms with Gasteiger partial charge in [-0.15, -0.1) is 0 Å². The summed E-state index contributed by atoms with van der Waals surface area (Å²) in [6.45, 7) is 6.23. The first-order chi connectivity index (χ1) is 14.1. The van der Waals surface area contributed by atoms with Crippen LogP contribution in [0.5, 0.6) is 11.5 Å². The van der Waals surface area contributed by atoms with Gasteiger partial charge in [-0.25, -0.2) is 4.79 Å². The average Bonchev–Trinajstić information content (AvgIpc) is 3.01. The molecule has 0 atom stereocenters. The molecule has 1 aromatic carbocycles. The molecular weight excluding hydrogens is 388 g/mol. The van der Waals surface area contributed by atoms with E-state index in [-0.39, 0.29) is 12.5 Å². The van der Waals surface area contributed by atoms with E-state index < -0.39 is 11.7 Å². The molecule has 2 aromatic rings. The fourth-order valence-electron chi connectivity index (χ4n) is 3.35. The third kappa shape index (κ3) is 4.50. The number of methoxy groups -OCH3 is 2. The molecule has 1 aliphatic rings. The molecule has 1 N–H and O–H groups in total. The number of benzene rings is 1. The lowest BCUT2D eigenvalue weighted by Crippen LogP contribution is -2.40. The summed E-state index contributed by atoms with van der Waals surface area (Å²) >= 11 is 0. The van der Waals surface area contributed by atoms with Crippen molar-refractivity contribution in [2.24, 2.45) is 7.05 Å². The van der Waals surface area contributed by atoms with Gasteiger partial charge in [0.2, 0.25) is 0 Å². The van der Waals surface area contributed by atoms with Gasteiger partial charge < -0.3 is 24.4 Å². The zero-order valence-electron chi connectivity index (χ0n) is 18.2. The number of carbonyl (C=O) groups is 2. The van der Waals surface area contributed by atoms with Gasteiger partial charge in [0.15, 0.2) is 0 Å². The molecule has 9 heteroatoms. The molecule has 1 aromatic heterocycles. The monoisotopic (exact) mass is 416 g/mol. The predicted octanol–water partition coefficient (Wildman–Crippen LogP) is 2.98. The van der Waals surface area contributed by atoms with Crippen LogP contribution in [0.2, 0.25) is 0 Å². The Morgan fingerprint density at radius 3 is 2.53 bits per heavy atom. The van der Waals surface area contributed by atoms with Crippen molar-refractivity contribution < 1.29 is 23.8 Å². The van der Waals surface area contributed by atoms with E-state index in [1.807, 2.05) is 20.8 Å². The minimum absolute atomic E-state index is 0.264. The Kier molecular flexibility index (Phi) is 5.91. The minimum atomic E-state index is -0.586.